The summed E-state index contributed by atoms with van der Waals surface area (Å²) in [4.78, 5) is 3.93. The van der Waals surface area contributed by atoms with Crippen LogP contribution < -0.4 is 4.74 Å². The highest BCUT2D eigenvalue weighted by atomic mass is 79.9. The highest BCUT2D eigenvalue weighted by Gasteiger charge is 2.09. The number of methoxy groups -OCH3 is 1. The van der Waals surface area contributed by atoms with Crippen molar-refractivity contribution in [2.24, 2.45) is 0 Å². The lowest BCUT2D eigenvalue weighted by Crippen LogP contribution is -1.89. The second-order valence-corrected chi connectivity index (χ2v) is 4.16. The van der Waals surface area contributed by atoms with E-state index in [1.165, 1.54) is 0 Å². The molecule has 5 heteroatoms. The number of hydrogen-bond acceptors (Lipinski definition) is 2. The lowest BCUT2D eigenvalue weighted by Gasteiger charge is -2.06. The van der Waals surface area contributed by atoms with Crippen LogP contribution in [0.5, 0.6) is 5.75 Å². The summed E-state index contributed by atoms with van der Waals surface area (Å²) >= 11 is 9.12. The highest BCUT2D eigenvalue weighted by Crippen LogP contribution is 2.33. The molecule has 2 nitrogen and oxygen atoms in total. The van der Waals surface area contributed by atoms with Gasteiger partial charge in [0, 0.05) is 11.5 Å². The van der Waals surface area contributed by atoms with E-state index in [4.69, 9.17) is 16.3 Å². The van der Waals surface area contributed by atoms with Crippen molar-refractivity contribution in [3.8, 4) is 5.75 Å². The normalized spacial score (nSPS) is 10.7. The number of nitrogens with zero attached hydrogens (tertiary/aromatic N) is 1. The summed E-state index contributed by atoms with van der Waals surface area (Å²) in [6.07, 6.45) is 1.10. The smallest absolute Gasteiger partial charge is 0.160 e. The summed E-state index contributed by atoms with van der Waals surface area (Å²) in [5.74, 6) is 0.110. The molecule has 78 valence electrons. The van der Waals surface area contributed by atoms with E-state index in [1.54, 1.807) is 19.2 Å². The maximum Gasteiger partial charge on any atom is 0.160 e. The molecule has 15 heavy (non-hydrogen) atoms. The zero-order valence-corrected chi connectivity index (χ0v) is 10.1. The van der Waals surface area contributed by atoms with Crippen molar-refractivity contribution in [2.45, 2.75) is 0 Å². The first-order chi connectivity index (χ1) is 7.13. The van der Waals surface area contributed by atoms with E-state index in [0.29, 0.717) is 21.1 Å². The molecule has 0 amide bonds. The predicted molar refractivity (Wildman–Crippen MR) is 61.0 cm³/mol. The van der Waals surface area contributed by atoms with Gasteiger partial charge in [-0.15, -0.1) is 0 Å². The van der Waals surface area contributed by atoms with Gasteiger partial charge in [-0.25, -0.2) is 4.39 Å². The number of rotatable bonds is 1. The molecule has 0 saturated carbocycles. The van der Waals surface area contributed by atoms with Crippen LogP contribution in [0.25, 0.3) is 10.9 Å². The van der Waals surface area contributed by atoms with Crippen molar-refractivity contribution >= 4 is 38.4 Å². The molecule has 0 aliphatic heterocycles. The Labute approximate surface area is 99.1 Å². The summed E-state index contributed by atoms with van der Waals surface area (Å²) in [6.45, 7) is 0. The van der Waals surface area contributed by atoms with Crippen LogP contribution in [0.1, 0.15) is 0 Å². The van der Waals surface area contributed by atoms with Crippen molar-refractivity contribution in [1.29, 1.82) is 0 Å². The molecule has 1 heterocycles. The topological polar surface area (TPSA) is 22.1 Å². The van der Waals surface area contributed by atoms with Crippen molar-refractivity contribution < 1.29 is 9.13 Å². The third kappa shape index (κ3) is 1.79. The largest absolute Gasteiger partial charge is 0.495 e. The number of pyridine rings is 1. The Balaban J connectivity index is 2.81. The first-order valence-corrected chi connectivity index (χ1v) is 5.28. The van der Waals surface area contributed by atoms with Gasteiger partial charge in [-0.2, -0.15) is 0 Å². The first kappa shape index (κ1) is 10.6. The van der Waals surface area contributed by atoms with E-state index in [0.717, 1.165) is 6.20 Å². The van der Waals surface area contributed by atoms with E-state index in [9.17, 15) is 4.39 Å². The number of hydrogen-bond donors (Lipinski definition) is 0. The minimum atomic E-state index is -0.527. The van der Waals surface area contributed by atoms with Gasteiger partial charge in [0.15, 0.2) is 5.82 Å². The average molecular weight is 291 g/mol. The predicted octanol–water partition coefficient (Wildman–Crippen LogP) is 3.80. The lowest BCUT2D eigenvalue weighted by atomic mass is 10.2. The van der Waals surface area contributed by atoms with Crippen LogP contribution >= 0.6 is 27.5 Å². The van der Waals surface area contributed by atoms with E-state index in [2.05, 4.69) is 20.9 Å². The Bertz CT molecular complexity index is 532. The molecule has 1 aromatic carbocycles. The van der Waals surface area contributed by atoms with E-state index >= 15 is 0 Å². The van der Waals surface area contributed by atoms with E-state index in [1.807, 2.05) is 0 Å². The fourth-order valence-corrected chi connectivity index (χ4v) is 2.00. The van der Waals surface area contributed by atoms with E-state index < -0.39 is 5.82 Å². The summed E-state index contributed by atoms with van der Waals surface area (Å²) in [5, 5.41) is 0.632. The van der Waals surface area contributed by atoms with Crippen LogP contribution in [0.3, 0.4) is 0 Å². The Morgan fingerprint density at radius 3 is 2.87 bits per heavy atom. The Kier molecular flexibility index (Phi) is 2.80. The zero-order chi connectivity index (χ0) is 11.0. The number of halogens is 3. The van der Waals surface area contributed by atoms with Crippen LogP contribution in [-0.2, 0) is 0 Å². The summed E-state index contributed by atoms with van der Waals surface area (Å²) < 4.78 is 18.9. The van der Waals surface area contributed by atoms with E-state index in [-0.39, 0.29) is 5.02 Å². The SMILES string of the molecule is COc1cc2ncc(F)c(Cl)c2cc1Br. The van der Waals surface area contributed by atoms with Gasteiger partial charge >= 0.3 is 0 Å². The third-order valence-corrected chi connectivity index (χ3v) is 3.04. The Morgan fingerprint density at radius 2 is 2.20 bits per heavy atom. The fourth-order valence-electron chi connectivity index (χ4n) is 1.29. The minimum absolute atomic E-state index is 0.0725. The molecule has 0 unspecified atom stereocenters. The molecule has 0 spiro atoms. The van der Waals surface area contributed by atoms with Gasteiger partial charge in [0.1, 0.15) is 5.75 Å². The molecular weight excluding hydrogens is 284 g/mol. The van der Waals surface area contributed by atoms with Gasteiger partial charge in [-0.3, -0.25) is 4.98 Å². The van der Waals surface area contributed by atoms with Gasteiger partial charge in [-0.05, 0) is 22.0 Å². The Morgan fingerprint density at radius 1 is 1.47 bits per heavy atom. The van der Waals surface area contributed by atoms with Gasteiger partial charge < -0.3 is 4.74 Å². The average Bonchev–Trinajstić information content (AvgIpc) is 2.24. The second kappa shape index (κ2) is 3.94. The zero-order valence-electron chi connectivity index (χ0n) is 7.72. The summed E-state index contributed by atoms with van der Waals surface area (Å²) in [6, 6.07) is 3.39. The lowest BCUT2D eigenvalue weighted by molar-refractivity contribution is 0.412. The van der Waals surface area contributed by atoms with Crippen molar-refractivity contribution in [2.75, 3.05) is 7.11 Å². The molecular formula is C10H6BrClFNO. The summed E-state index contributed by atoms with van der Waals surface area (Å²) in [5.41, 5.74) is 0.599. The quantitative estimate of drug-likeness (QED) is 0.797. The van der Waals surface area contributed by atoms with Gasteiger partial charge in [-0.1, -0.05) is 11.6 Å². The molecule has 1 aromatic heterocycles. The maximum atomic E-state index is 13.1. The molecule has 0 radical (unpaired) electrons. The molecule has 0 bridgehead atoms. The van der Waals surface area contributed by atoms with Gasteiger partial charge in [0.2, 0.25) is 0 Å². The van der Waals surface area contributed by atoms with Gasteiger partial charge in [0.25, 0.3) is 0 Å². The van der Waals surface area contributed by atoms with Crippen molar-refractivity contribution in [1.82, 2.24) is 4.98 Å². The van der Waals surface area contributed by atoms with Crippen LogP contribution in [0.2, 0.25) is 5.02 Å². The van der Waals surface area contributed by atoms with Crippen LogP contribution in [0, 0.1) is 5.82 Å². The van der Waals surface area contributed by atoms with Gasteiger partial charge in [0.05, 0.1) is 28.3 Å². The van der Waals surface area contributed by atoms with Crippen molar-refractivity contribution in [3.63, 3.8) is 0 Å². The molecule has 0 atom stereocenters. The molecule has 0 saturated heterocycles. The summed E-state index contributed by atoms with van der Waals surface area (Å²) in [7, 11) is 1.55. The first-order valence-electron chi connectivity index (χ1n) is 4.10. The minimum Gasteiger partial charge on any atom is -0.495 e. The van der Waals surface area contributed by atoms with Crippen LogP contribution in [0.15, 0.2) is 22.8 Å². The molecule has 0 aliphatic rings. The molecule has 0 fully saturated rings. The molecule has 2 aromatic rings. The Hall–Kier alpha value is -0.870. The standard InChI is InChI=1S/C10H6BrClFNO/c1-15-9-3-8-5(2-6(9)11)10(12)7(13)4-14-8/h2-4H,1H3. The maximum absolute atomic E-state index is 13.1. The van der Waals surface area contributed by atoms with Crippen LogP contribution in [0.4, 0.5) is 4.39 Å². The number of aromatic nitrogens is 1. The van der Waals surface area contributed by atoms with Crippen molar-refractivity contribution in [3.05, 3.63) is 33.6 Å². The second-order valence-electron chi connectivity index (χ2n) is 2.92. The molecule has 0 aliphatic carbocycles. The monoisotopic (exact) mass is 289 g/mol. The number of benzene rings is 1. The number of ether oxygens (including phenoxy) is 1. The highest BCUT2D eigenvalue weighted by molar-refractivity contribution is 9.10. The molecule has 2 rings (SSSR count). The molecule has 0 N–H and O–H groups in total. The van der Waals surface area contributed by atoms with Crippen LogP contribution in [-0.4, -0.2) is 12.1 Å². The fraction of sp³-hybridized carbons (Fsp3) is 0.100. The third-order valence-electron chi connectivity index (χ3n) is 2.03. The number of fused-ring (bicyclic) bond motifs is 1.